The molecule has 0 aliphatic carbocycles. The Bertz CT molecular complexity index is 654. The van der Waals surface area contributed by atoms with Crippen molar-refractivity contribution in [3.63, 3.8) is 0 Å². The molecular formula is C15H13ClN2O. The van der Waals surface area contributed by atoms with Crippen molar-refractivity contribution in [2.75, 3.05) is 17.2 Å². The van der Waals surface area contributed by atoms with Gasteiger partial charge in [-0.15, -0.1) is 0 Å². The highest BCUT2D eigenvalue weighted by Gasteiger charge is 2.26. The van der Waals surface area contributed by atoms with Crippen LogP contribution in [0.25, 0.3) is 0 Å². The molecule has 0 fully saturated rings. The summed E-state index contributed by atoms with van der Waals surface area (Å²) in [5, 5.41) is 0.415. The Balaban J connectivity index is 2.00. The molecular weight excluding hydrogens is 260 g/mol. The first-order chi connectivity index (χ1) is 9.18. The summed E-state index contributed by atoms with van der Waals surface area (Å²) in [5.74, 6) is -0.0926. The molecule has 3 rings (SSSR count). The summed E-state index contributed by atoms with van der Waals surface area (Å²) >= 11 is 5.97. The second-order valence-corrected chi connectivity index (χ2v) is 4.94. The Hall–Kier alpha value is -2.00. The summed E-state index contributed by atoms with van der Waals surface area (Å²) < 4.78 is 0. The third kappa shape index (κ3) is 1.96. The van der Waals surface area contributed by atoms with Gasteiger partial charge in [-0.2, -0.15) is 0 Å². The molecule has 19 heavy (non-hydrogen) atoms. The number of carbonyl (C=O) groups is 1. The van der Waals surface area contributed by atoms with E-state index in [1.165, 1.54) is 5.56 Å². The lowest BCUT2D eigenvalue weighted by Gasteiger charge is -2.18. The lowest BCUT2D eigenvalue weighted by atomic mass is 10.1. The van der Waals surface area contributed by atoms with Crippen LogP contribution in [0.2, 0.25) is 5.02 Å². The zero-order chi connectivity index (χ0) is 13.4. The molecule has 4 heteroatoms. The fourth-order valence-corrected chi connectivity index (χ4v) is 2.59. The molecule has 2 N–H and O–H groups in total. The first kappa shape index (κ1) is 12.1. The van der Waals surface area contributed by atoms with E-state index >= 15 is 0 Å². The highest BCUT2D eigenvalue weighted by atomic mass is 35.5. The fourth-order valence-electron chi connectivity index (χ4n) is 2.42. The first-order valence-corrected chi connectivity index (χ1v) is 6.50. The van der Waals surface area contributed by atoms with Crippen molar-refractivity contribution in [3.8, 4) is 0 Å². The minimum Gasteiger partial charge on any atom is -0.397 e. The van der Waals surface area contributed by atoms with E-state index in [0.717, 1.165) is 12.1 Å². The van der Waals surface area contributed by atoms with E-state index in [1.54, 1.807) is 23.1 Å². The van der Waals surface area contributed by atoms with Gasteiger partial charge < -0.3 is 10.6 Å². The zero-order valence-electron chi connectivity index (χ0n) is 10.3. The van der Waals surface area contributed by atoms with Gasteiger partial charge in [-0.3, -0.25) is 4.79 Å². The second kappa shape index (κ2) is 4.59. The number of nitrogens with two attached hydrogens (primary N) is 1. The molecule has 0 unspecified atom stereocenters. The van der Waals surface area contributed by atoms with Crippen molar-refractivity contribution >= 4 is 28.9 Å². The van der Waals surface area contributed by atoms with Gasteiger partial charge >= 0.3 is 0 Å². The number of rotatable bonds is 1. The Morgan fingerprint density at radius 1 is 1.16 bits per heavy atom. The number of nitrogens with zero attached hydrogens (tertiary/aromatic N) is 1. The van der Waals surface area contributed by atoms with Gasteiger partial charge in [0.2, 0.25) is 0 Å². The molecule has 3 nitrogen and oxygen atoms in total. The number of amides is 1. The van der Waals surface area contributed by atoms with E-state index < -0.39 is 0 Å². The molecule has 0 atom stereocenters. The number of carbonyl (C=O) groups excluding carboxylic acids is 1. The summed E-state index contributed by atoms with van der Waals surface area (Å²) in [4.78, 5) is 14.3. The van der Waals surface area contributed by atoms with Crippen molar-refractivity contribution in [2.45, 2.75) is 6.42 Å². The van der Waals surface area contributed by atoms with Crippen LogP contribution in [0.1, 0.15) is 15.9 Å². The molecule has 0 saturated heterocycles. The van der Waals surface area contributed by atoms with Crippen LogP contribution in [0.4, 0.5) is 11.4 Å². The molecule has 0 spiro atoms. The predicted octanol–water partition coefficient (Wildman–Crippen LogP) is 3.13. The third-order valence-electron chi connectivity index (χ3n) is 3.42. The van der Waals surface area contributed by atoms with Crippen LogP contribution in [0.3, 0.4) is 0 Å². The van der Waals surface area contributed by atoms with Crippen molar-refractivity contribution in [2.24, 2.45) is 0 Å². The Morgan fingerprint density at radius 3 is 2.79 bits per heavy atom. The molecule has 0 radical (unpaired) electrons. The largest absolute Gasteiger partial charge is 0.397 e. The average Bonchev–Trinajstić information content (AvgIpc) is 2.85. The lowest BCUT2D eigenvalue weighted by Crippen LogP contribution is -2.29. The van der Waals surface area contributed by atoms with E-state index in [1.807, 2.05) is 24.3 Å². The first-order valence-electron chi connectivity index (χ1n) is 6.12. The third-order valence-corrected chi connectivity index (χ3v) is 3.75. The Labute approximate surface area is 116 Å². The van der Waals surface area contributed by atoms with Crippen LogP contribution in [0.5, 0.6) is 0 Å². The van der Waals surface area contributed by atoms with Gasteiger partial charge in [-0.05, 0) is 30.2 Å². The number of hydrogen-bond acceptors (Lipinski definition) is 2. The van der Waals surface area contributed by atoms with Crippen LogP contribution in [0, 0.1) is 0 Å². The molecule has 2 aromatic rings. The molecule has 0 saturated carbocycles. The Morgan fingerprint density at radius 2 is 1.95 bits per heavy atom. The molecule has 1 aliphatic heterocycles. The molecule has 96 valence electrons. The number of fused-ring (bicyclic) bond motifs is 1. The summed E-state index contributed by atoms with van der Waals surface area (Å²) in [5.41, 5.74) is 8.86. The number of benzene rings is 2. The monoisotopic (exact) mass is 272 g/mol. The van der Waals surface area contributed by atoms with E-state index in [-0.39, 0.29) is 5.91 Å². The van der Waals surface area contributed by atoms with E-state index in [9.17, 15) is 4.79 Å². The van der Waals surface area contributed by atoms with Crippen LogP contribution in [0.15, 0.2) is 42.5 Å². The van der Waals surface area contributed by atoms with Gasteiger partial charge in [-0.25, -0.2) is 0 Å². The van der Waals surface area contributed by atoms with E-state index in [4.69, 9.17) is 17.3 Å². The van der Waals surface area contributed by atoms with Gasteiger partial charge in [0.25, 0.3) is 5.91 Å². The highest BCUT2D eigenvalue weighted by Crippen LogP contribution is 2.31. The average molecular weight is 273 g/mol. The topological polar surface area (TPSA) is 46.3 Å². The SMILES string of the molecule is Nc1c(Cl)cccc1C(=O)N1CCc2ccccc21. The van der Waals surface area contributed by atoms with E-state index in [2.05, 4.69) is 0 Å². The van der Waals surface area contributed by atoms with Crippen LogP contribution >= 0.6 is 11.6 Å². The summed E-state index contributed by atoms with van der Waals surface area (Å²) in [6, 6.07) is 13.1. The van der Waals surface area contributed by atoms with E-state index in [0.29, 0.717) is 22.8 Å². The minimum atomic E-state index is -0.0926. The van der Waals surface area contributed by atoms with Gasteiger partial charge in [0.15, 0.2) is 0 Å². The molecule has 1 aliphatic rings. The minimum absolute atomic E-state index is 0.0926. The summed E-state index contributed by atoms with van der Waals surface area (Å²) in [6.45, 7) is 0.685. The van der Waals surface area contributed by atoms with Crippen molar-refractivity contribution in [1.29, 1.82) is 0 Å². The zero-order valence-corrected chi connectivity index (χ0v) is 11.0. The van der Waals surface area contributed by atoms with Gasteiger partial charge in [0, 0.05) is 12.2 Å². The standard InChI is InChI=1S/C15H13ClN2O/c16-12-6-3-5-11(14(12)17)15(19)18-9-8-10-4-1-2-7-13(10)18/h1-7H,8-9,17H2. The smallest absolute Gasteiger partial charge is 0.260 e. The van der Waals surface area contributed by atoms with Gasteiger partial charge in [0.1, 0.15) is 0 Å². The highest BCUT2D eigenvalue weighted by molar-refractivity contribution is 6.34. The van der Waals surface area contributed by atoms with Crippen molar-refractivity contribution in [3.05, 3.63) is 58.6 Å². The van der Waals surface area contributed by atoms with Crippen LogP contribution < -0.4 is 10.6 Å². The van der Waals surface area contributed by atoms with Crippen LogP contribution in [-0.4, -0.2) is 12.5 Å². The Kier molecular flexibility index (Phi) is 2.91. The summed E-state index contributed by atoms with van der Waals surface area (Å²) in [6.07, 6.45) is 0.877. The molecule has 1 amide bonds. The van der Waals surface area contributed by atoms with Gasteiger partial charge in [-0.1, -0.05) is 35.9 Å². The maximum atomic E-state index is 12.6. The number of anilines is 2. The molecule has 0 aromatic heterocycles. The maximum Gasteiger partial charge on any atom is 0.260 e. The molecule has 1 heterocycles. The maximum absolute atomic E-state index is 12.6. The van der Waals surface area contributed by atoms with Crippen LogP contribution in [-0.2, 0) is 6.42 Å². The number of hydrogen-bond donors (Lipinski definition) is 1. The normalized spacial score (nSPS) is 13.4. The quantitative estimate of drug-likeness (QED) is 0.811. The molecule has 0 bridgehead atoms. The fraction of sp³-hybridized carbons (Fsp3) is 0.133. The number of para-hydroxylation sites is 2. The number of halogens is 1. The summed E-state index contributed by atoms with van der Waals surface area (Å²) in [7, 11) is 0. The number of nitrogen functional groups attached to an aromatic ring is 1. The lowest BCUT2D eigenvalue weighted by molar-refractivity contribution is 0.0990. The molecule has 2 aromatic carbocycles. The second-order valence-electron chi connectivity index (χ2n) is 4.54. The predicted molar refractivity (Wildman–Crippen MR) is 77.7 cm³/mol. The van der Waals surface area contributed by atoms with Gasteiger partial charge in [0.05, 0.1) is 16.3 Å². The van der Waals surface area contributed by atoms with Crippen molar-refractivity contribution < 1.29 is 4.79 Å². The van der Waals surface area contributed by atoms with Crippen molar-refractivity contribution in [1.82, 2.24) is 0 Å².